The van der Waals surface area contributed by atoms with Gasteiger partial charge in [0.15, 0.2) is 0 Å². The highest BCUT2D eigenvalue weighted by molar-refractivity contribution is 6.34. The van der Waals surface area contributed by atoms with E-state index in [0.29, 0.717) is 5.82 Å². The summed E-state index contributed by atoms with van der Waals surface area (Å²) in [6, 6.07) is 7.06. The van der Waals surface area contributed by atoms with Crippen molar-refractivity contribution in [3.05, 3.63) is 69.3 Å². The van der Waals surface area contributed by atoms with E-state index in [0.717, 1.165) is 11.6 Å². The van der Waals surface area contributed by atoms with Gasteiger partial charge in [-0.25, -0.2) is 0 Å². The van der Waals surface area contributed by atoms with Gasteiger partial charge in [-0.1, -0.05) is 16.8 Å². The summed E-state index contributed by atoms with van der Waals surface area (Å²) in [6.07, 6.45) is 3.20. The number of carbonyl (C=O) groups is 1. The predicted octanol–water partition coefficient (Wildman–Crippen LogP) is 2.62. The first-order chi connectivity index (χ1) is 12.0. The molecule has 1 N–H and O–H groups in total. The SMILES string of the molecule is O=C(NCc1nc(-c2ccncc2)no1)c1ccc([N+](=O)[O-])cc1Cl. The number of halogens is 1. The minimum absolute atomic E-state index is 0.00969. The zero-order valence-corrected chi connectivity index (χ0v) is 13.3. The molecule has 0 spiro atoms. The fourth-order valence-electron chi connectivity index (χ4n) is 2.00. The van der Waals surface area contributed by atoms with E-state index in [1.54, 1.807) is 24.5 Å². The second-order valence-corrected chi connectivity index (χ2v) is 5.26. The second kappa shape index (κ2) is 7.05. The molecule has 25 heavy (non-hydrogen) atoms. The van der Waals surface area contributed by atoms with Crippen molar-refractivity contribution < 1.29 is 14.2 Å². The first-order valence-corrected chi connectivity index (χ1v) is 7.37. The zero-order valence-electron chi connectivity index (χ0n) is 12.5. The van der Waals surface area contributed by atoms with Gasteiger partial charge < -0.3 is 9.84 Å². The number of carbonyl (C=O) groups excluding carboxylic acids is 1. The van der Waals surface area contributed by atoms with E-state index < -0.39 is 10.8 Å². The van der Waals surface area contributed by atoms with Crippen LogP contribution in [0.4, 0.5) is 5.69 Å². The average Bonchev–Trinajstić information content (AvgIpc) is 3.09. The number of aromatic nitrogens is 3. The van der Waals surface area contributed by atoms with Crippen LogP contribution in [-0.2, 0) is 6.54 Å². The van der Waals surface area contributed by atoms with E-state index in [1.807, 2.05) is 0 Å². The number of nitrogens with zero attached hydrogens (tertiary/aromatic N) is 4. The number of rotatable bonds is 5. The van der Waals surface area contributed by atoms with Gasteiger partial charge in [-0.3, -0.25) is 19.9 Å². The molecular weight excluding hydrogens is 350 g/mol. The topological polar surface area (TPSA) is 124 Å². The fourth-order valence-corrected chi connectivity index (χ4v) is 2.26. The Bertz CT molecular complexity index is 929. The Balaban J connectivity index is 1.67. The van der Waals surface area contributed by atoms with Gasteiger partial charge in [-0.15, -0.1) is 0 Å². The maximum Gasteiger partial charge on any atom is 0.270 e. The fraction of sp³-hybridized carbons (Fsp3) is 0.0667. The van der Waals surface area contributed by atoms with Crippen LogP contribution in [-0.4, -0.2) is 26.0 Å². The standard InChI is InChI=1S/C15H10ClN5O4/c16-12-7-10(21(23)24)1-2-11(12)15(22)18-8-13-19-14(20-25-13)9-3-5-17-6-4-9/h1-7H,8H2,(H,18,22). The van der Waals surface area contributed by atoms with E-state index in [9.17, 15) is 14.9 Å². The van der Waals surface area contributed by atoms with E-state index in [-0.39, 0.29) is 28.7 Å². The lowest BCUT2D eigenvalue weighted by atomic mass is 10.2. The molecular formula is C15H10ClN5O4. The maximum absolute atomic E-state index is 12.1. The molecule has 0 unspecified atom stereocenters. The zero-order chi connectivity index (χ0) is 17.8. The van der Waals surface area contributed by atoms with Crippen molar-refractivity contribution in [1.82, 2.24) is 20.4 Å². The number of nitrogens with one attached hydrogen (secondary N) is 1. The van der Waals surface area contributed by atoms with E-state index >= 15 is 0 Å². The largest absolute Gasteiger partial charge is 0.343 e. The van der Waals surface area contributed by atoms with Gasteiger partial charge in [0, 0.05) is 30.1 Å². The van der Waals surface area contributed by atoms with Crippen LogP contribution in [0.25, 0.3) is 11.4 Å². The highest BCUT2D eigenvalue weighted by Crippen LogP contribution is 2.22. The van der Waals surface area contributed by atoms with Crippen molar-refractivity contribution in [2.24, 2.45) is 0 Å². The molecule has 1 amide bonds. The average molecular weight is 360 g/mol. The van der Waals surface area contributed by atoms with Gasteiger partial charge in [0.05, 0.1) is 22.1 Å². The summed E-state index contributed by atoms with van der Waals surface area (Å²) in [4.78, 5) is 30.3. The third kappa shape index (κ3) is 3.78. The Kier molecular flexibility index (Phi) is 4.66. The monoisotopic (exact) mass is 359 g/mol. The van der Waals surface area contributed by atoms with Gasteiger partial charge in [0.1, 0.15) is 0 Å². The van der Waals surface area contributed by atoms with Gasteiger partial charge in [-0.05, 0) is 18.2 Å². The number of amides is 1. The summed E-state index contributed by atoms with van der Waals surface area (Å²) >= 11 is 5.91. The smallest absolute Gasteiger partial charge is 0.270 e. The number of nitro benzene ring substituents is 1. The number of benzene rings is 1. The van der Waals surface area contributed by atoms with Crippen LogP contribution in [0.5, 0.6) is 0 Å². The normalized spacial score (nSPS) is 10.4. The van der Waals surface area contributed by atoms with Crippen molar-refractivity contribution in [1.29, 1.82) is 0 Å². The summed E-state index contributed by atoms with van der Waals surface area (Å²) in [6.45, 7) is -0.00969. The molecule has 10 heteroatoms. The Morgan fingerprint density at radius 3 is 2.72 bits per heavy atom. The Morgan fingerprint density at radius 2 is 2.04 bits per heavy atom. The van der Waals surface area contributed by atoms with Crippen LogP contribution in [0, 0.1) is 10.1 Å². The highest BCUT2D eigenvalue weighted by Gasteiger charge is 2.16. The third-order valence-corrected chi connectivity index (χ3v) is 3.53. The lowest BCUT2D eigenvalue weighted by Gasteiger charge is -2.04. The molecule has 0 aliphatic carbocycles. The van der Waals surface area contributed by atoms with Crippen LogP contribution in [0.3, 0.4) is 0 Å². The summed E-state index contributed by atoms with van der Waals surface area (Å²) in [5, 5.41) is 17.0. The number of hydrogen-bond donors (Lipinski definition) is 1. The van der Waals surface area contributed by atoms with Crippen molar-refractivity contribution in [2.45, 2.75) is 6.54 Å². The Hall–Kier alpha value is -3.33. The Morgan fingerprint density at radius 1 is 1.28 bits per heavy atom. The Labute approximate surface area is 145 Å². The minimum Gasteiger partial charge on any atom is -0.343 e. The van der Waals surface area contributed by atoms with Gasteiger partial charge in [-0.2, -0.15) is 4.98 Å². The molecule has 9 nitrogen and oxygen atoms in total. The minimum atomic E-state index is -0.591. The molecule has 0 aliphatic rings. The number of non-ortho nitro benzene ring substituents is 1. The van der Waals surface area contributed by atoms with Crippen LogP contribution < -0.4 is 5.32 Å². The molecule has 126 valence electrons. The van der Waals surface area contributed by atoms with Gasteiger partial charge in [0.25, 0.3) is 11.6 Å². The van der Waals surface area contributed by atoms with Gasteiger partial charge >= 0.3 is 0 Å². The van der Waals surface area contributed by atoms with Crippen molar-refractivity contribution in [3.63, 3.8) is 0 Å². The molecule has 0 saturated heterocycles. The third-order valence-electron chi connectivity index (χ3n) is 3.21. The predicted molar refractivity (Wildman–Crippen MR) is 86.8 cm³/mol. The molecule has 1 aromatic carbocycles. The summed E-state index contributed by atoms with van der Waals surface area (Å²) < 4.78 is 5.07. The van der Waals surface area contributed by atoms with E-state index in [1.165, 1.54) is 12.1 Å². The molecule has 0 radical (unpaired) electrons. The molecule has 2 heterocycles. The first kappa shape index (κ1) is 16.5. The number of pyridine rings is 1. The second-order valence-electron chi connectivity index (χ2n) is 4.85. The molecule has 0 bridgehead atoms. The van der Waals surface area contributed by atoms with Crippen molar-refractivity contribution in [2.75, 3.05) is 0 Å². The quantitative estimate of drug-likeness (QED) is 0.548. The summed E-state index contributed by atoms with van der Waals surface area (Å²) in [7, 11) is 0. The molecule has 3 rings (SSSR count). The van der Waals surface area contributed by atoms with Crippen LogP contribution in [0.1, 0.15) is 16.2 Å². The number of hydrogen-bond acceptors (Lipinski definition) is 7. The van der Waals surface area contributed by atoms with Crippen molar-refractivity contribution in [3.8, 4) is 11.4 Å². The molecule has 0 fully saturated rings. The molecule has 0 aliphatic heterocycles. The van der Waals surface area contributed by atoms with Crippen LogP contribution in [0.15, 0.2) is 47.2 Å². The maximum atomic E-state index is 12.1. The first-order valence-electron chi connectivity index (χ1n) is 6.99. The molecule has 3 aromatic rings. The summed E-state index contributed by atoms with van der Waals surface area (Å²) in [5.41, 5.74) is 0.649. The van der Waals surface area contributed by atoms with Crippen LogP contribution >= 0.6 is 11.6 Å². The van der Waals surface area contributed by atoms with Crippen LogP contribution in [0.2, 0.25) is 5.02 Å². The molecule has 2 aromatic heterocycles. The van der Waals surface area contributed by atoms with E-state index in [4.69, 9.17) is 16.1 Å². The van der Waals surface area contributed by atoms with E-state index in [2.05, 4.69) is 20.4 Å². The lowest BCUT2D eigenvalue weighted by molar-refractivity contribution is -0.384. The van der Waals surface area contributed by atoms with Crippen molar-refractivity contribution >= 4 is 23.2 Å². The molecule has 0 saturated carbocycles. The summed E-state index contributed by atoms with van der Waals surface area (Å²) in [5.74, 6) is 0.0711. The lowest BCUT2D eigenvalue weighted by Crippen LogP contribution is -2.23. The highest BCUT2D eigenvalue weighted by atomic mass is 35.5. The van der Waals surface area contributed by atoms with Gasteiger partial charge in [0.2, 0.25) is 11.7 Å². The number of nitro groups is 1. The molecule has 0 atom stereocenters.